The normalized spacial score (nSPS) is 11.5. The Labute approximate surface area is 129 Å². The number of sulfonamides is 1. The van der Waals surface area contributed by atoms with Gasteiger partial charge in [0.25, 0.3) is 0 Å². The fourth-order valence-corrected chi connectivity index (χ4v) is 3.19. The van der Waals surface area contributed by atoms with Crippen molar-refractivity contribution < 1.29 is 17.9 Å². The predicted molar refractivity (Wildman–Crippen MR) is 85.6 cm³/mol. The number of unbranched alkanes of at least 4 members (excludes halogenated alkanes) is 7. The average Bonchev–Trinajstić information content (AvgIpc) is 2.45. The average molecular weight is 321 g/mol. The summed E-state index contributed by atoms with van der Waals surface area (Å²) >= 11 is 0. The highest BCUT2D eigenvalue weighted by molar-refractivity contribution is 7.89. The lowest BCUT2D eigenvalue weighted by Crippen LogP contribution is -2.27. The number of ether oxygens (including phenoxy) is 1. The lowest BCUT2D eigenvalue weighted by molar-refractivity contribution is -0.140. The standard InChI is InChI=1S/C15H31NO4S/c1-3-4-5-6-7-8-9-10-13-16-21(18,19)14-11-12-15(17)20-2/h16H,3-14H2,1-2H3. The second-order valence-electron chi connectivity index (χ2n) is 5.37. The molecule has 5 nitrogen and oxygen atoms in total. The Balaban J connectivity index is 3.47. The van der Waals surface area contributed by atoms with E-state index in [4.69, 9.17) is 0 Å². The molecule has 0 saturated heterocycles. The summed E-state index contributed by atoms with van der Waals surface area (Å²) in [6, 6.07) is 0. The number of hydrogen-bond donors (Lipinski definition) is 1. The number of nitrogens with one attached hydrogen (secondary N) is 1. The summed E-state index contributed by atoms with van der Waals surface area (Å²) in [6.45, 7) is 2.70. The van der Waals surface area contributed by atoms with Crippen molar-refractivity contribution >= 4 is 16.0 Å². The zero-order valence-electron chi connectivity index (χ0n) is 13.5. The topological polar surface area (TPSA) is 72.5 Å². The van der Waals surface area contributed by atoms with Crippen LogP contribution < -0.4 is 4.72 Å². The molecule has 0 aromatic heterocycles. The molecule has 0 aromatic carbocycles. The van der Waals surface area contributed by atoms with Gasteiger partial charge < -0.3 is 4.74 Å². The molecule has 0 spiro atoms. The van der Waals surface area contributed by atoms with Crippen molar-refractivity contribution in [3.05, 3.63) is 0 Å². The maximum absolute atomic E-state index is 11.6. The quantitative estimate of drug-likeness (QED) is 0.394. The van der Waals surface area contributed by atoms with Crippen molar-refractivity contribution in [1.29, 1.82) is 0 Å². The third-order valence-electron chi connectivity index (χ3n) is 3.37. The first kappa shape index (κ1) is 20.4. The lowest BCUT2D eigenvalue weighted by Gasteiger charge is -2.06. The SMILES string of the molecule is CCCCCCCCCCNS(=O)(=O)CCCC(=O)OC. The third kappa shape index (κ3) is 14.1. The van der Waals surface area contributed by atoms with Gasteiger partial charge in [0.2, 0.25) is 10.0 Å². The van der Waals surface area contributed by atoms with E-state index in [1.165, 1.54) is 45.6 Å². The van der Waals surface area contributed by atoms with Gasteiger partial charge in [-0.1, -0.05) is 51.9 Å². The van der Waals surface area contributed by atoms with E-state index in [1.807, 2.05) is 0 Å². The molecule has 126 valence electrons. The maximum Gasteiger partial charge on any atom is 0.305 e. The second-order valence-corrected chi connectivity index (χ2v) is 7.29. The van der Waals surface area contributed by atoms with Gasteiger partial charge in [-0.05, 0) is 12.8 Å². The van der Waals surface area contributed by atoms with Gasteiger partial charge in [0, 0.05) is 13.0 Å². The van der Waals surface area contributed by atoms with E-state index in [9.17, 15) is 13.2 Å². The van der Waals surface area contributed by atoms with Gasteiger partial charge in [-0.15, -0.1) is 0 Å². The summed E-state index contributed by atoms with van der Waals surface area (Å²) in [6.07, 6.45) is 9.98. The first-order chi connectivity index (χ1) is 10.0. The smallest absolute Gasteiger partial charge is 0.305 e. The lowest BCUT2D eigenvalue weighted by atomic mass is 10.1. The first-order valence-corrected chi connectivity index (χ1v) is 9.71. The minimum atomic E-state index is -3.25. The van der Waals surface area contributed by atoms with E-state index in [2.05, 4.69) is 16.4 Å². The van der Waals surface area contributed by atoms with E-state index in [0.29, 0.717) is 13.0 Å². The molecule has 0 unspecified atom stereocenters. The fourth-order valence-electron chi connectivity index (χ4n) is 2.07. The van der Waals surface area contributed by atoms with Gasteiger partial charge in [-0.2, -0.15) is 0 Å². The van der Waals surface area contributed by atoms with E-state index in [-0.39, 0.29) is 18.1 Å². The number of esters is 1. The molecule has 0 atom stereocenters. The van der Waals surface area contributed by atoms with Crippen molar-refractivity contribution in [3.8, 4) is 0 Å². The van der Waals surface area contributed by atoms with Crippen LogP contribution in [-0.2, 0) is 19.6 Å². The molecule has 0 aliphatic carbocycles. The Morgan fingerprint density at radius 1 is 0.952 bits per heavy atom. The van der Waals surface area contributed by atoms with Gasteiger partial charge in [-0.25, -0.2) is 13.1 Å². The zero-order valence-corrected chi connectivity index (χ0v) is 14.3. The van der Waals surface area contributed by atoms with Crippen LogP contribution in [0.5, 0.6) is 0 Å². The van der Waals surface area contributed by atoms with Gasteiger partial charge in [0.05, 0.1) is 12.9 Å². The molecule has 0 bridgehead atoms. The van der Waals surface area contributed by atoms with E-state index in [1.54, 1.807) is 0 Å². The zero-order chi connectivity index (χ0) is 16.0. The molecular formula is C15H31NO4S. The Hall–Kier alpha value is -0.620. The summed E-state index contributed by atoms with van der Waals surface area (Å²) in [5.74, 6) is -0.382. The van der Waals surface area contributed by atoms with E-state index in [0.717, 1.165) is 12.8 Å². The number of hydrogen-bond acceptors (Lipinski definition) is 4. The van der Waals surface area contributed by atoms with Crippen LogP contribution >= 0.6 is 0 Å². The summed E-state index contributed by atoms with van der Waals surface area (Å²) in [4.78, 5) is 10.9. The van der Waals surface area contributed by atoms with Crippen LogP contribution in [0.25, 0.3) is 0 Å². The molecule has 0 rings (SSSR count). The molecule has 6 heteroatoms. The van der Waals surface area contributed by atoms with Crippen molar-refractivity contribution in [2.75, 3.05) is 19.4 Å². The largest absolute Gasteiger partial charge is 0.469 e. The monoisotopic (exact) mass is 321 g/mol. The highest BCUT2D eigenvalue weighted by Crippen LogP contribution is 2.08. The number of carbonyl (C=O) groups is 1. The number of methoxy groups -OCH3 is 1. The molecule has 1 N–H and O–H groups in total. The summed E-state index contributed by atoms with van der Waals surface area (Å²) < 4.78 is 30.3. The van der Waals surface area contributed by atoms with Crippen molar-refractivity contribution in [1.82, 2.24) is 4.72 Å². The molecule has 0 fully saturated rings. The molecule has 21 heavy (non-hydrogen) atoms. The fraction of sp³-hybridized carbons (Fsp3) is 0.933. The molecule has 0 amide bonds. The van der Waals surface area contributed by atoms with Crippen LogP contribution in [0.15, 0.2) is 0 Å². The van der Waals surface area contributed by atoms with E-state index >= 15 is 0 Å². The second kappa shape index (κ2) is 13.1. The van der Waals surface area contributed by atoms with Crippen LogP contribution in [0.3, 0.4) is 0 Å². The minimum Gasteiger partial charge on any atom is -0.469 e. The third-order valence-corrected chi connectivity index (χ3v) is 4.84. The summed E-state index contributed by atoms with van der Waals surface area (Å²) in [5, 5.41) is 0. The van der Waals surface area contributed by atoms with Gasteiger partial charge in [-0.3, -0.25) is 4.79 Å². The Morgan fingerprint density at radius 2 is 1.52 bits per heavy atom. The highest BCUT2D eigenvalue weighted by Gasteiger charge is 2.10. The van der Waals surface area contributed by atoms with Crippen molar-refractivity contribution in [2.24, 2.45) is 0 Å². The molecule has 0 saturated carbocycles. The minimum absolute atomic E-state index is 0.0148. The molecular weight excluding hydrogens is 290 g/mol. The number of rotatable bonds is 14. The van der Waals surface area contributed by atoms with Gasteiger partial charge in [0.15, 0.2) is 0 Å². The predicted octanol–water partition coefficient (Wildman–Crippen LogP) is 3.00. The Bertz CT molecular complexity index is 355. The van der Waals surface area contributed by atoms with Crippen LogP contribution in [0.1, 0.15) is 71.1 Å². The number of carbonyl (C=O) groups excluding carboxylic acids is 1. The molecule has 0 radical (unpaired) electrons. The Kier molecular flexibility index (Phi) is 12.7. The van der Waals surface area contributed by atoms with Gasteiger partial charge in [0.1, 0.15) is 0 Å². The molecule has 0 aliphatic heterocycles. The van der Waals surface area contributed by atoms with Crippen LogP contribution in [0.4, 0.5) is 0 Å². The van der Waals surface area contributed by atoms with E-state index < -0.39 is 10.0 Å². The summed E-state index contributed by atoms with van der Waals surface area (Å²) in [7, 11) is -1.95. The van der Waals surface area contributed by atoms with Crippen LogP contribution in [0, 0.1) is 0 Å². The molecule has 0 aromatic rings. The molecule has 0 heterocycles. The first-order valence-electron chi connectivity index (χ1n) is 8.06. The summed E-state index contributed by atoms with van der Waals surface area (Å²) in [5.41, 5.74) is 0. The van der Waals surface area contributed by atoms with Crippen LogP contribution in [0.2, 0.25) is 0 Å². The van der Waals surface area contributed by atoms with Crippen molar-refractivity contribution in [2.45, 2.75) is 71.1 Å². The highest BCUT2D eigenvalue weighted by atomic mass is 32.2. The van der Waals surface area contributed by atoms with Gasteiger partial charge >= 0.3 is 5.97 Å². The Morgan fingerprint density at radius 3 is 2.10 bits per heavy atom. The maximum atomic E-state index is 11.6. The molecule has 0 aliphatic rings. The van der Waals surface area contributed by atoms with Crippen molar-refractivity contribution in [3.63, 3.8) is 0 Å². The van der Waals surface area contributed by atoms with Crippen LogP contribution in [-0.4, -0.2) is 33.8 Å².